The van der Waals surface area contributed by atoms with Gasteiger partial charge in [-0.05, 0) is 13.5 Å². The fourth-order valence-corrected chi connectivity index (χ4v) is 1.92. The highest BCUT2D eigenvalue weighted by molar-refractivity contribution is 5.37. The van der Waals surface area contributed by atoms with Crippen LogP contribution in [0.15, 0.2) is 28.9 Å². The van der Waals surface area contributed by atoms with Crippen LogP contribution in [0.3, 0.4) is 0 Å². The van der Waals surface area contributed by atoms with Crippen LogP contribution < -0.4 is 16.4 Å². The van der Waals surface area contributed by atoms with Gasteiger partial charge in [0.1, 0.15) is 0 Å². The Hall–Kier alpha value is -1.22. The molecule has 4 N–H and O–H groups in total. The van der Waals surface area contributed by atoms with E-state index < -0.39 is 0 Å². The minimum absolute atomic E-state index is 0.213. The van der Waals surface area contributed by atoms with Crippen molar-refractivity contribution in [2.45, 2.75) is 19.5 Å². The van der Waals surface area contributed by atoms with Crippen molar-refractivity contribution < 1.29 is 0 Å². The second-order valence-corrected chi connectivity index (χ2v) is 3.95. The quantitative estimate of drug-likeness (QED) is 0.560. The zero-order chi connectivity index (χ0) is 10.8. The number of hydrogen-bond donors (Lipinski definition) is 3. The van der Waals surface area contributed by atoms with Gasteiger partial charge in [0.15, 0.2) is 0 Å². The molecule has 0 aliphatic carbocycles. The summed E-state index contributed by atoms with van der Waals surface area (Å²) in [5.41, 5.74) is 12.2. The van der Waals surface area contributed by atoms with Gasteiger partial charge in [-0.25, -0.2) is 0 Å². The first-order chi connectivity index (χ1) is 7.22. The van der Waals surface area contributed by atoms with Crippen LogP contribution in [-0.4, -0.2) is 31.2 Å². The van der Waals surface area contributed by atoms with Gasteiger partial charge in [-0.3, -0.25) is 10.2 Å². The van der Waals surface area contributed by atoms with Crippen molar-refractivity contribution in [2.24, 2.45) is 5.73 Å². The molecule has 2 aliphatic rings. The van der Waals surface area contributed by atoms with Crippen LogP contribution >= 0.6 is 0 Å². The first kappa shape index (κ1) is 10.3. The summed E-state index contributed by atoms with van der Waals surface area (Å²) >= 11 is 0. The van der Waals surface area contributed by atoms with Crippen LogP contribution in [0.25, 0.3) is 0 Å². The molecule has 0 aromatic rings. The molecular weight excluding hydrogens is 188 g/mol. The molecule has 0 saturated carbocycles. The highest BCUT2D eigenvalue weighted by Gasteiger charge is 2.26. The van der Waals surface area contributed by atoms with E-state index in [1.54, 1.807) is 0 Å². The van der Waals surface area contributed by atoms with Gasteiger partial charge in [-0.2, -0.15) is 0 Å². The maximum Gasteiger partial charge on any atom is 0.0954 e. The van der Waals surface area contributed by atoms with E-state index in [1.807, 2.05) is 6.20 Å². The molecule has 2 rings (SSSR count). The number of likely N-dealkylation sites (N-methyl/N-ethyl adjacent to an activating group) is 1. The third-order valence-corrected chi connectivity index (χ3v) is 2.87. The predicted octanol–water partition coefficient (Wildman–Crippen LogP) is 0.0700. The minimum atomic E-state index is 0.213. The van der Waals surface area contributed by atoms with Crippen LogP contribution in [0, 0.1) is 0 Å². The fourth-order valence-electron chi connectivity index (χ4n) is 1.92. The van der Waals surface area contributed by atoms with Gasteiger partial charge < -0.3 is 11.1 Å². The van der Waals surface area contributed by atoms with Crippen molar-refractivity contribution in [2.75, 3.05) is 20.1 Å². The molecule has 1 fully saturated rings. The molecule has 1 unspecified atom stereocenters. The summed E-state index contributed by atoms with van der Waals surface area (Å²) in [6, 6.07) is 0. The summed E-state index contributed by atoms with van der Waals surface area (Å²) < 4.78 is 0. The van der Waals surface area contributed by atoms with Gasteiger partial charge >= 0.3 is 0 Å². The van der Waals surface area contributed by atoms with Crippen molar-refractivity contribution in [1.82, 2.24) is 15.5 Å². The van der Waals surface area contributed by atoms with Crippen molar-refractivity contribution in [3.8, 4) is 0 Å². The molecule has 2 heterocycles. The molecule has 0 radical (unpaired) electrons. The van der Waals surface area contributed by atoms with Crippen LogP contribution in [0.1, 0.15) is 13.3 Å². The maximum atomic E-state index is 5.96. The zero-order valence-electron chi connectivity index (χ0n) is 9.30. The van der Waals surface area contributed by atoms with E-state index in [-0.39, 0.29) is 6.17 Å². The average molecular weight is 206 g/mol. The number of hydrogen-bond acceptors (Lipinski definition) is 4. The van der Waals surface area contributed by atoms with E-state index in [4.69, 9.17) is 5.73 Å². The molecule has 4 nitrogen and oxygen atoms in total. The zero-order valence-corrected chi connectivity index (χ0v) is 9.30. The fraction of sp³-hybridized carbons (Fsp3) is 0.545. The molecule has 0 bridgehead atoms. The third-order valence-electron chi connectivity index (χ3n) is 2.87. The second kappa shape index (κ2) is 4.11. The monoisotopic (exact) mass is 206 g/mol. The minimum Gasteiger partial charge on any atom is -0.397 e. The molecule has 1 saturated heterocycles. The van der Waals surface area contributed by atoms with Crippen molar-refractivity contribution in [3.63, 3.8) is 0 Å². The Morgan fingerprint density at radius 1 is 1.67 bits per heavy atom. The Kier molecular flexibility index (Phi) is 2.82. The molecule has 0 aromatic carbocycles. The lowest BCUT2D eigenvalue weighted by atomic mass is 10.1. The van der Waals surface area contributed by atoms with Crippen LogP contribution in [0.5, 0.6) is 0 Å². The summed E-state index contributed by atoms with van der Waals surface area (Å²) in [5, 5.41) is 6.55. The van der Waals surface area contributed by atoms with E-state index in [1.165, 1.54) is 0 Å². The molecule has 2 aliphatic heterocycles. The molecule has 82 valence electrons. The highest BCUT2D eigenvalue weighted by atomic mass is 15.3. The molecule has 15 heavy (non-hydrogen) atoms. The van der Waals surface area contributed by atoms with Crippen LogP contribution in [-0.2, 0) is 0 Å². The standard InChI is InChI=1S/C11H18N4/c1-3-8-6-9(10(12)7-14-8)11-13-4-5-15(11)2/h7,11,13-14H,3-5,12H2,1-2H3. The maximum absolute atomic E-state index is 5.96. The van der Waals surface area contributed by atoms with Gasteiger partial charge in [0, 0.05) is 19.3 Å². The lowest BCUT2D eigenvalue weighted by molar-refractivity contribution is 0.333. The van der Waals surface area contributed by atoms with E-state index in [9.17, 15) is 0 Å². The summed E-state index contributed by atoms with van der Waals surface area (Å²) in [6.45, 7) is 4.17. The van der Waals surface area contributed by atoms with Crippen molar-refractivity contribution in [3.05, 3.63) is 28.9 Å². The number of nitrogens with two attached hydrogens (primary N) is 1. The van der Waals surface area contributed by atoms with E-state index in [0.717, 1.165) is 36.5 Å². The number of nitrogens with one attached hydrogen (secondary N) is 2. The molecule has 0 spiro atoms. The smallest absolute Gasteiger partial charge is 0.0954 e. The van der Waals surface area contributed by atoms with E-state index in [0.29, 0.717) is 0 Å². The SMILES string of the molecule is CCC1=C=C(C2NCCN2C)C(N)=CN1. The Balaban J connectivity index is 2.32. The first-order valence-electron chi connectivity index (χ1n) is 5.38. The topological polar surface area (TPSA) is 53.3 Å². The summed E-state index contributed by atoms with van der Waals surface area (Å²) in [4.78, 5) is 2.25. The predicted molar refractivity (Wildman–Crippen MR) is 60.7 cm³/mol. The molecule has 0 aromatic heterocycles. The number of rotatable bonds is 2. The number of nitrogens with zero attached hydrogens (tertiary/aromatic N) is 1. The van der Waals surface area contributed by atoms with Crippen LogP contribution in [0.4, 0.5) is 0 Å². The second-order valence-electron chi connectivity index (χ2n) is 3.95. The van der Waals surface area contributed by atoms with Gasteiger partial charge in [0.25, 0.3) is 0 Å². The summed E-state index contributed by atoms with van der Waals surface area (Å²) in [5.74, 6) is 0. The van der Waals surface area contributed by atoms with Gasteiger partial charge in [0.05, 0.1) is 23.1 Å². The summed E-state index contributed by atoms with van der Waals surface area (Å²) in [7, 11) is 2.10. The van der Waals surface area contributed by atoms with Gasteiger partial charge in [-0.1, -0.05) is 12.7 Å². The van der Waals surface area contributed by atoms with E-state index >= 15 is 0 Å². The Labute approximate surface area is 90.5 Å². The van der Waals surface area contributed by atoms with Gasteiger partial charge in [-0.15, -0.1) is 0 Å². The van der Waals surface area contributed by atoms with Crippen molar-refractivity contribution in [1.29, 1.82) is 0 Å². The van der Waals surface area contributed by atoms with Gasteiger partial charge in [0.2, 0.25) is 0 Å². The molecule has 0 amide bonds. The molecular formula is C11H18N4. The third kappa shape index (κ3) is 1.92. The normalized spacial score (nSPS) is 26.8. The largest absolute Gasteiger partial charge is 0.397 e. The van der Waals surface area contributed by atoms with Crippen molar-refractivity contribution >= 4 is 0 Å². The molecule has 4 heteroatoms. The van der Waals surface area contributed by atoms with E-state index in [2.05, 4.69) is 35.2 Å². The Morgan fingerprint density at radius 2 is 2.47 bits per heavy atom. The van der Waals surface area contributed by atoms with Crippen LogP contribution in [0.2, 0.25) is 0 Å². The Bertz CT molecular complexity index is 350. The Morgan fingerprint density at radius 3 is 3.07 bits per heavy atom. The first-order valence-corrected chi connectivity index (χ1v) is 5.38. The lowest BCUT2D eigenvalue weighted by Gasteiger charge is -2.23. The summed E-state index contributed by atoms with van der Waals surface area (Å²) in [6.07, 6.45) is 3.02. The lowest BCUT2D eigenvalue weighted by Crippen LogP contribution is -2.37. The molecule has 1 atom stereocenters. The highest BCUT2D eigenvalue weighted by Crippen LogP contribution is 2.17. The average Bonchev–Trinajstić information content (AvgIpc) is 2.65.